The fourth-order valence-corrected chi connectivity index (χ4v) is 4.57. The lowest BCUT2D eigenvalue weighted by molar-refractivity contribution is -0.124. The summed E-state index contributed by atoms with van der Waals surface area (Å²) < 4.78 is 16.3. The molecule has 1 fully saturated rings. The maximum atomic E-state index is 13.6. The number of amides is 2. The van der Waals surface area contributed by atoms with Crippen molar-refractivity contribution in [1.29, 1.82) is 0 Å². The third-order valence-electron chi connectivity index (χ3n) is 6.20. The lowest BCUT2D eigenvalue weighted by atomic mass is 9.94. The molecule has 2 heterocycles. The minimum atomic E-state index is -0.431. The fraction of sp³-hybridized carbons (Fsp3) is 0.417. The Bertz CT molecular complexity index is 1020. The van der Waals surface area contributed by atoms with Gasteiger partial charge in [0, 0.05) is 25.6 Å². The highest BCUT2D eigenvalue weighted by Crippen LogP contribution is 2.41. The second kappa shape index (κ2) is 8.49. The van der Waals surface area contributed by atoms with Crippen LogP contribution in [0.5, 0.6) is 17.2 Å². The van der Waals surface area contributed by atoms with Crippen LogP contribution in [-0.2, 0) is 16.0 Å². The molecule has 1 atom stereocenters. The van der Waals surface area contributed by atoms with Gasteiger partial charge in [0.25, 0.3) is 0 Å². The Labute approximate surface area is 182 Å². The molecule has 1 saturated heterocycles. The van der Waals surface area contributed by atoms with E-state index in [0.29, 0.717) is 36.0 Å². The van der Waals surface area contributed by atoms with Gasteiger partial charge in [0.1, 0.15) is 17.2 Å². The van der Waals surface area contributed by atoms with Crippen LogP contribution in [0, 0.1) is 12.8 Å². The summed E-state index contributed by atoms with van der Waals surface area (Å²) in [7, 11) is 4.76. The molecule has 0 spiro atoms. The highest BCUT2D eigenvalue weighted by molar-refractivity contribution is 6.06. The number of hydrogen-bond acceptors (Lipinski definition) is 5. The minimum absolute atomic E-state index is 0.0393. The number of ether oxygens (including phenoxy) is 3. The van der Waals surface area contributed by atoms with Crippen LogP contribution < -0.4 is 24.0 Å². The van der Waals surface area contributed by atoms with Crippen LogP contribution >= 0.6 is 0 Å². The molecule has 2 amide bonds. The first-order valence-electron chi connectivity index (χ1n) is 10.5. The first-order valence-corrected chi connectivity index (χ1v) is 10.5. The van der Waals surface area contributed by atoms with Crippen LogP contribution in [0.1, 0.15) is 24.0 Å². The Morgan fingerprint density at radius 3 is 2.48 bits per heavy atom. The molecule has 0 aliphatic carbocycles. The summed E-state index contributed by atoms with van der Waals surface area (Å²) in [6.45, 7) is 2.99. The van der Waals surface area contributed by atoms with E-state index in [0.717, 1.165) is 29.7 Å². The summed E-state index contributed by atoms with van der Waals surface area (Å²) in [5.41, 5.74) is 3.77. The first kappa shape index (κ1) is 21.0. The second-order valence-corrected chi connectivity index (χ2v) is 7.95. The molecule has 0 saturated carbocycles. The van der Waals surface area contributed by atoms with Gasteiger partial charge >= 0.3 is 0 Å². The molecular weight excluding hydrogens is 396 g/mol. The number of hydrogen-bond donors (Lipinski definition) is 0. The van der Waals surface area contributed by atoms with Crippen LogP contribution in [0.15, 0.2) is 30.3 Å². The highest BCUT2D eigenvalue weighted by atomic mass is 16.5. The van der Waals surface area contributed by atoms with E-state index in [9.17, 15) is 9.59 Å². The van der Waals surface area contributed by atoms with Crippen molar-refractivity contribution in [2.24, 2.45) is 5.92 Å². The van der Waals surface area contributed by atoms with Gasteiger partial charge in [-0.25, -0.2) is 0 Å². The van der Waals surface area contributed by atoms with Gasteiger partial charge in [0.05, 0.1) is 38.6 Å². The number of rotatable bonds is 5. The van der Waals surface area contributed by atoms with Crippen LogP contribution in [0.2, 0.25) is 0 Å². The van der Waals surface area contributed by atoms with Gasteiger partial charge in [-0.1, -0.05) is 6.07 Å². The smallest absolute Gasteiger partial charge is 0.232 e. The van der Waals surface area contributed by atoms with Crippen LogP contribution in [0.25, 0.3) is 0 Å². The average Bonchev–Trinajstić information content (AvgIpc) is 3.19. The van der Waals surface area contributed by atoms with Crippen LogP contribution in [-0.4, -0.2) is 46.2 Å². The van der Waals surface area contributed by atoms with E-state index in [2.05, 4.69) is 6.92 Å². The molecule has 1 unspecified atom stereocenters. The minimum Gasteiger partial charge on any atom is -0.497 e. The molecule has 2 aromatic rings. The van der Waals surface area contributed by atoms with E-state index in [-0.39, 0.29) is 18.2 Å². The highest BCUT2D eigenvalue weighted by Gasteiger charge is 2.40. The first-order chi connectivity index (χ1) is 15.0. The van der Waals surface area contributed by atoms with Crippen molar-refractivity contribution in [3.63, 3.8) is 0 Å². The van der Waals surface area contributed by atoms with E-state index < -0.39 is 5.92 Å². The summed E-state index contributed by atoms with van der Waals surface area (Å²) in [5.74, 6) is 1.33. The molecule has 31 heavy (non-hydrogen) atoms. The quantitative estimate of drug-likeness (QED) is 0.736. The third-order valence-corrected chi connectivity index (χ3v) is 6.20. The van der Waals surface area contributed by atoms with Gasteiger partial charge < -0.3 is 24.0 Å². The van der Waals surface area contributed by atoms with Crippen molar-refractivity contribution in [2.75, 3.05) is 44.2 Å². The molecule has 2 aliphatic rings. The molecule has 2 aliphatic heterocycles. The number of aryl methyl sites for hydroxylation is 1. The van der Waals surface area contributed by atoms with E-state index in [1.165, 1.54) is 0 Å². The van der Waals surface area contributed by atoms with E-state index in [1.807, 2.05) is 17.0 Å². The van der Waals surface area contributed by atoms with Gasteiger partial charge in [-0.15, -0.1) is 0 Å². The monoisotopic (exact) mass is 424 g/mol. The number of methoxy groups -OCH3 is 3. The second-order valence-electron chi connectivity index (χ2n) is 7.95. The predicted molar refractivity (Wildman–Crippen MR) is 118 cm³/mol. The van der Waals surface area contributed by atoms with Crippen molar-refractivity contribution >= 4 is 23.2 Å². The molecule has 2 aromatic carbocycles. The maximum absolute atomic E-state index is 13.6. The predicted octanol–water partition coefficient (Wildman–Crippen LogP) is 3.35. The lowest BCUT2D eigenvalue weighted by Gasteiger charge is -2.33. The van der Waals surface area contributed by atoms with Crippen LogP contribution in [0.4, 0.5) is 11.4 Å². The van der Waals surface area contributed by atoms with Crippen molar-refractivity contribution in [3.8, 4) is 17.2 Å². The average molecular weight is 424 g/mol. The van der Waals surface area contributed by atoms with Gasteiger partial charge in [-0.05, 0) is 49.1 Å². The van der Waals surface area contributed by atoms with Gasteiger partial charge in [0.15, 0.2) is 0 Å². The maximum Gasteiger partial charge on any atom is 0.232 e. The van der Waals surface area contributed by atoms with Crippen molar-refractivity contribution in [2.45, 2.75) is 26.2 Å². The van der Waals surface area contributed by atoms with E-state index in [1.54, 1.807) is 44.4 Å². The summed E-state index contributed by atoms with van der Waals surface area (Å²) in [4.78, 5) is 29.9. The zero-order chi connectivity index (χ0) is 22.1. The van der Waals surface area contributed by atoms with E-state index in [4.69, 9.17) is 14.2 Å². The number of anilines is 2. The van der Waals surface area contributed by atoms with Crippen molar-refractivity contribution < 1.29 is 23.8 Å². The number of fused-ring (bicyclic) bond motifs is 1. The summed E-state index contributed by atoms with van der Waals surface area (Å²) >= 11 is 0. The Morgan fingerprint density at radius 2 is 1.77 bits per heavy atom. The van der Waals surface area contributed by atoms with Crippen molar-refractivity contribution in [1.82, 2.24) is 0 Å². The molecule has 7 nitrogen and oxygen atoms in total. The Kier molecular flexibility index (Phi) is 5.76. The largest absolute Gasteiger partial charge is 0.497 e. The fourth-order valence-electron chi connectivity index (χ4n) is 4.57. The van der Waals surface area contributed by atoms with Gasteiger partial charge in [-0.2, -0.15) is 0 Å². The standard InChI is InChI=1S/C24H28N2O5/c1-15-7-9-21(31-4)23-18(15)6-5-11-25(23)24(28)16-12-22(27)26(14-16)19-13-17(29-2)8-10-20(19)30-3/h7-10,13,16H,5-6,11-12,14H2,1-4H3. The molecule has 4 rings (SSSR count). The number of carbonyl (C=O) groups excluding carboxylic acids is 2. The van der Waals surface area contributed by atoms with Gasteiger partial charge in [0.2, 0.25) is 11.8 Å². The SMILES string of the molecule is COc1ccc(OC)c(N2CC(C(=O)N3CCCc4c(C)ccc(OC)c43)CC2=O)c1. The summed E-state index contributed by atoms with van der Waals surface area (Å²) in [6, 6.07) is 9.26. The molecule has 0 bridgehead atoms. The Balaban J connectivity index is 1.63. The number of carbonyl (C=O) groups is 2. The summed E-state index contributed by atoms with van der Waals surface area (Å²) in [5, 5.41) is 0. The molecule has 0 aromatic heterocycles. The van der Waals surface area contributed by atoms with Crippen LogP contribution in [0.3, 0.4) is 0 Å². The normalized spacial score (nSPS) is 18.1. The molecule has 0 radical (unpaired) electrons. The third kappa shape index (κ3) is 3.69. The van der Waals surface area contributed by atoms with Gasteiger partial charge in [-0.3, -0.25) is 9.59 Å². The topological polar surface area (TPSA) is 68.3 Å². The zero-order valence-corrected chi connectivity index (χ0v) is 18.4. The van der Waals surface area contributed by atoms with E-state index >= 15 is 0 Å². The van der Waals surface area contributed by atoms with Crippen molar-refractivity contribution in [3.05, 3.63) is 41.5 Å². The lowest BCUT2D eigenvalue weighted by Crippen LogP contribution is -2.41. The summed E-state index contributed by atoms with van der Waals surface area (Å²) in [6.07, 6.45) is 1.97. The zero-order valence-electron chi connectivity index (χ0n) is 18.4. The Hall–Kier alpha value is -3.22. The number of nitrogens with zero attached hydrogens (tertiary/aromatic N) is 2. The molecule has 164 valence electrons. The number of benzene rings is 2. The molecule has 0 N–H and O–H groups in total. The molecular formula is C24H28N2O5. The Morgan fingerprint density at radius 1 is 1.03 bits per heavy atom. The molecule has 7 heteroatoms.